The fraction of sp³-hybridized carbons (Fsp3) is 0. The van der Waals surface area contributed by atoms with E-state index in [1.807, 2.05) is 0 Å². The zero-order valence-corrected chi connectivity index (χ0v) is 29.0. The van der Waals surface area contributed by atoms with Gasteiger partial charge in [0.1, 0.15) is 0 Å². The summed E-state index contributed by atoms with van der Waals surface area (Å²) in [6, 6.07) is 73.5. The van der Waals surface area contributed by atoms with Crippen molar-refractivity contribution in [1.29, 1.82) is 0 Å². The van der Waals surface area contributed by atoms with E-state index < -0.39 is 0 Å². The molecule has 10 aromatic carbocycles. The lowest BCUT2D eigenvalue weighted by molar-refractivity contribution is 1.30. The Bertz CT molecular complexity index is 3010. The van der Waals surface area contributed by atoms with Gasteiger partial charge in [-0.1, -0.05) is 164 Å². The van der Waals surface area contributed by atoms with E-state index >= 15 is 0 Å². The Morgan fingerprint density at radius 2 is 0.755 bits per heavy atom. The van der Waals surface area contributed by atoms with Crippen LogP contribution in [-0.4, -0.2) is 0 Å². The fourth-order valence-electron chi connectivity index (χ4n) is 8.67. The molecule has 11 rings (SSSR count). The molecule has 0 spiro atoms. The van der Waals surface area contributed by atoms with Crippen LogP contribution in [0.4, 0.5) is 17.1 Å². The molecule has 0 heterocycles. The Balaban J connectivity index is 1.06. The molecule has 0 fully saturated rings. The minimum absolute atomic E-state index is 1.12. The highest BCUT2D eigenvalue weighted by atomic mass is 15.1. The van der Waals surface area contributed by atoms with Gasteiger partial charge in [0.15, 0.2) is 0 Å². The molecule has 53 heavy (non-hydrogen) atoms. The summed E-state index contributed by atoms with van der Waals surface area (Å²) in [5.41, 5.74) is 13.5. The fourth-order valence-corrected chi connectivity index (χ4v) is 8.67. The monoisotopic (exact) mass is 671 g/mol. The summed E-state index contributed by atoms with van der Waals surface area (Å²) in [6.45, 7) is 0. The topological polar surface area (TPSA) is 3.24 Å². The molecule has 0 unspecified atom stereocenters. The Hall–Kier alpha value is -6.96. The number of fused-ring (bicyclic) bond motifs is 7. The molecular formula is C52H33N. The van der Waals surface area contributed by atoms with Crippen molar-refractivity contribution in [2.24, 2.45) is 0 Å². The summed E-state index contributed by atoms with van der Waals surface area (Å²) in [6.07, 6.45) is 0. The van der Waals surface area contributed by atoms with E-state index in [1.165, 1.54) is 93.3 Å². The SMILES string of the molecule is c1ccc2c(c1)-c1cccc3c(N(c4ccc(-c5ccc6ccc7ccccc7c6c5)cc4)c4ccc(-c5cccc6ccccc56)cc4)ccc-2c13. The van der Waals surface area contributed by atoms with Gasteiger partial charge in [0.05, 0.1) is 5.69 Å². The van der Waals surface area contributed by atoms with Crippen LogP contribution in [-0.2, 0) is 0 Å². The van der Waals surface area contributed by atoms with E-state index in [0.29, 0.717) is 0 Å². The molecule has 1 aliphatic carbocycles. The van der Waals surface area contributed by atoms with Crippen molar-refractivity contribution in [2.45, 2.75) is 0 Å². The maximum absolute atomic E-state index is 2.43. The number of nitrogens with zero attached hydrogens (tertiary/aromatic N) is 1. The quantitative estimate of drug-likeness (QED) is 0.165. The number of hydrogen-bond donors (Lipinski definition) is 0. The molecule has 0 atom stereocenters. The van der Waals surface area contributed by atoms with Gasteiger partial charge in [0, 0.05) is 16.8 Å². The van der Waals surface area contributed by atoms with Gasteiger partial charge in [-0.25, -0.2) is 0 Å². The maximum Gasteiger partial charge on any atom is 0.0540 e. The number of anilines is 3. The third kappa shape index (κ3) is 4.71. The number of hydrogen-bond acceptors (Lipinski definition) is 1. The van der Waals surface area contributed by atoms with Crippen LogP contribution in [0.5, 0.6) is 0 Å². The average molecular weight is 672 g/mol. The summed E-state index contributed by atoms with van der Waals surface area (Å²) < 4.78 is 0. The average Bonchev–Trinajstić information content (AvgIpc) is 3.56. The number of benzene rings is 10. The smallest absolute Gasteiger partial charge is 0.0540 e. The highest BCUT2D eigenvalue weighted by molar-refractivity contribution is 6.19. The van der Waals surface area contributed by atoms with Crippen molar-refractivity contribution >= 4 is 60.2 Å². The molecule has 0 radical (unpaired) electrons. The van der Waals surface area contributed by atoms with Gasteiger partial charge in [-0.2, -0.15) is 0 Å². The van der Waals surface area contributed by atoms with Crippen LogP contribution in [0.25, 0.3) is 87.6 Å². The third-order valence-electron chi connectivity index (χ3n) is 11.2. The molecular weight excluding hydrogens is 639 g/mol. The van der Waals surface area contributed by atoms with E-state index in [4.69, 9.17) is 0 Å². The first-order valence-corrected chi connectivity index (χ1v) is 18.3. The molecule has 0 saturated heterocycles. The Labute approximate surface area is 308 Å². The lowest BCUT2D eigenvalue weighted by Gasteiger charge is -2.28. The van der Waals surface area contributed by atoms with Crippen LogP contribution >= 0.6 is 0 Å². The van der Waals surface area contributed by atoms with E-state index in [1.54, 1.807) is 0 Å². The minimum Gasteiger partial charge on any atom is -0.310 e. The van der Waals surface area contributed by atoms with Gasteiger partial charge in [0.25, 0.3) is 0 Å². The van der Waals surface area contributed by atoms with Gasteiger partial charge < -0.3 is 4.90 Å². The van der Waals surface area contributed by atoms with E-state index in [2.05, 4.69) is 205 Å². The second-order valence-corrected chi connectivity index (χ2v) is 14.1. The van der Waals surface area contributed by atoms with E-state index in [0.717, 1.165) is 11.4 Å². The van der Waals surface area contributed by atoms with Crippen LogP contribution in [0, 0.1) is 0 Å². The minimum atomic E-state index is 1.12. The van der Waals surface area contributed by atoms with Gasteiger partial charge in [0.2, 0.25) is 0 Å². The van der Waals surface area contributed by atoms with Crippen molar-refractivity contribution in [3.63, 3.8) is 0 Å². The molecule has 0 bridgehead atoms. The van der Waals surface area contributed by atoms with E-state index in [-0.39, 0.29) is 0 Å². The van der Waals surface area contributed by atoms with Gasteiger partial charge in [-0.3, -0.25) is 0 Å². The normalized spacial score (nSPS) is 11.8. The second-order valence-electron chi connectivity index (χ2n) is 14.1. The molecule has 0 N–H and O–H groups in total. The van der Waals surface area contributed by atoms with Crippen LogP contribution in [0.15, 0.2) is 200 Å². The molecule has 0 aromatic heterocycles. The summed E-state index contributed by atoms with van der Waals surface area (Å²) in [7, 11) is 0. The summed E-state index contributed by atoms with van der Waals surface area (Å²) in [5, 5.41) is 10.2. The highest BCUT2D eigenvalue weighted by Gasteiger charge is 2.24. The Morgan fingerprint density at radius 1 is 0.264 bits per heavy atom. The Morgan fingerprint density at radius 3 is 1.51 bits per heavy atom. The van der Waals surface area contributed by atoms with E-state index in [9.17, 15) is 0 Å². The third-order valence-corrected chi connectivity index (χ3v) is 11.2. The van der Waals surface area contributed by atoms with Crippen LogP contribution in [0.1, 0.15) is 0 Å². The first-order chi connectivity index (χ1) is 26.3. The van der Waals surface area contributed by atoms with Crippen LogP contribution in [0.3, 0.4) is 0 Å². The highest BCUT2D eigenvalue weighted by Crippen LogP contribution is 2.51. The molecule has 0 saturated carbocycles. The summed E-state index contributed by atoms with van der Waals surface area (Å²) in [5.74, 6) is 0. The zero-order chi connectivity index (χ0) is 34.9. The van der Waals surface area contributed by atoms with Crippen molar-refractivity contribution in [1.82, 2.24) is 0 Å². The van der Waals surface area contributed by atoms with Crippen molar-refractivity contribution in [3.8, 4) is 44.5 Å². The molecule has 1 aliphatic rings. The molecule has 0 aliphatic heterocycles. The van der Waals surface area contributed by atoms with Crippen molar-refractivity contribution < 1.29 is 0 Å². The summed E-state index contributed by atoms with van der Waals surface area (Å²) in [4.78, 5) is 2.43. The largest absolute Gasteiger partial charge is 0.310 e. The lowest BCUT2D eigenvalue weighted by atomic mass is 9.96. The molecule has 0 amide bonds. The van der Waals surface area contributed by atoms with Crippen LogP contribution in [0.2, 0.25) is 0 Å². The predicted octanol–water partition coefficient (Wildman–Crippen LogP) is 14.8. The lowest BCUT2D eigenvalue weighted by Crippen LogP contribution is -2.10. The van der Waals surface area contributed by atoms with Gasteiger partial charge >= 0.3 is 0 Å². The van der Waals surface area contributed by atoms with Crippen molar-refractivity contribution in [3.05, 3.63) is 200 Å². The predicted molar refractivity (Wildman–Crippen MR) is 226 cm³/mol. The molecule has 1 nitrogen and oxygen atoms in total. The second kappa shape index (κ2) is 11.8. The van der Waals surface area contributed by atoms with Gasteiger partial charge in [-0.05, 0) is 119 Å². The van der Waals surface area contributed by atoms with Crippen LogP contribution < -0.4 is 4.90 Å². The van der Waals surface area contributed by atoms with Crippen molar-refractivity contribution in [2.75, 3.05) is 4.90 Å². The first kappa shape index (κ1) is 29.7. The number of rotatable bonds is 5. The molecule has 1 heteroatoms. The molecule has 246 valence electrons. The summed E-state index contributed by atoms with van der Waals surface area (Å²) >= 11 is 0. The first-order valence-electron chi connectivity index (χ1n) is 18.3. The maximum atomic E-state index is 2.43. The van der Waals surface area contributed by atoms with Gasteiger partial charge in [-0.15, -0.1) is 0 Å². The standard InChI is InChI=1S/C52H33N/c1-3-12-42-35(9-1)11-7-16-43(42)37-25-29-41(30-26-37)53(51-32-31-48-46-15-6-5-14-45(46)47-17-8-18-49(51)52(47)48)40-27-23-34(24-28-40)39-22-21-38-20-19-36-10-2-4-13-44(36)50(38)33-39/h1-33H. The Kier molecular flexibility index (Phi) is 6.62. The molecule has 10 aromatic rings. The zero-order valence-electron chi connectivity index (χ0n) is 29.0.